The fraction of sp³-hybridized carbons (Fsp3) is 0.278. The highest BCUT2D eigenvalue weighted by atomic mass is 16.5. The first kappa shape index (κ1) is 19.0. The molecule has 0 saturated heterocycles. The number of anilines is 1. The van der Waals surface area contributed by atoms with Gasteiger partial charge in [-0.1, -0.05) is 6.07 Å². The van der Waals surface area contributed by atoms with Gasteiger partial charge >= 0.3 is 0 Å². The summed E-state index contributed by atoms with van der Waals surface area (Å²) in [6, 6.07) is 7.82. The van der Waals surface area contributed by atoms with E-state index in [2.05, 4.69) is 10.6 Å². The molecule has 0 aliphatic rings. The predicted octanol–water partition coefficient (Wildman–Crippen LogP) is 1.25. The molecule has 0 bridgehead atoms. The Balaban J connectivity index is 2.21. The number of pyridine rings is 1. The van der Waals surface area contributed by atoms with Crippen molar-refractivity contribution in [2.24, 2.45) is 0 Å². The van der Waals surface area contributed by atoms with E-state index in [4.69, 9.17) is 9.47 Å². The number of hydrogen-bond donors (Lipinski definition) is 2. The molecule has 26 heavy (non-hydrogen) atoms. The van der Waals surface area contributed by atoms with E-state index in [-0.39, 0.29) is 30.3 Å². The van der Waals surface area contributed by atoms with Gasteiger partial charge in [-0.2, -0.15) is 0 Å². The Kier molecular flexibility index (Phi) is 6.37. The Hall–Kier alpha value is -3.29. The number of nitrogens with one attached hydrogen (secondary N) is 2. The van der Waals surface area contributed by atoms with Crippen LogP contribution in [-0.2, 0) is 11.3 Å². The number of benzene rings is 1. The number of aromatic nitrogens is 1. The number of carbonyl (C=O) groups is 2. The maximum Gasteiger partial charge on any atom is 0.251 e. The first-order chi connectivity index (χ1) is 12.5. The Labute approximate surface area is 150 Å². The number of nitrogens with zero attached hydrogens (tertiary/aromatic N) is 1. The van der Waals surface area contributed by atoms with E-state index >= 15 is 0 Å². The maximum atomic E-state index is 12.3. The van der Waals surface area contributed by atoms with Gasteiger partial charge in [-0.3, -0.25) is 14.4 Å². The largest absolute Gasteiger partial charge is 0.493 e. The van der Waals surface area contributed by atoms with Gasteiger partial charge in [-0.25, -0.2) is 0 Å². The molecular formula is C18H21N3O5. The normalized spacial score (nSPS) is 10.1. The number of aryl methyl sites for hydroxylation is 1. The van der Waals surface area contributed by atoms with Crippen molar-refractivity contribution >= 4 is 17.5 Å². The van der Waals surface area contributed by atoms with E-state index in [1.165, 1.54) is 44.0 Å². The van der Waals surface area contributed by atoms with Gasteiger partial charge in [-0.05, 0) is 18.2 Å². The molecule has 0 unspecified atom stereocenters. The molecule has 0 spiro atoms. The van der Waals surface area contributed by atoms with E-state index in [1.54, 1.807) is 18.3 Å². The highest BCUT2D eigenvalue weighted by Crippen LogP contribution is 2.36. The molecule has 0 aliphatic carbocycles. The van der Waals surface area contributed by atoms with Gasteiger partial charge in [0.25, 0.3) is 11.5 Å². The van der Waals surface area contributed by atoms with Crippen LogP contribution in [0.25, 0.3) is 0 Å². The number of amides is 2. The number of ether oxygens (including phenoxy) is 2. The smallest absolute Gasteiger partial charge is 0.251 e. The summed E-state index contributed by atoms with van der Waals surface area (Å²) in [6.45, 7) is 0.236. The summed E-state index contributed by atoms with van der Waals surface area (Å²) in [5.41, 5.74) is 0.455. The monoisotopic (exact) mass is 359 g/mol. The number of rotatable bonds is 7. The minimum absolute atomic E-state index is 0.0829. The number of carbonyl (C=O) groups excluding carboxylic acids is 2. The zero-order chi connectivity index (χ0) is 19.1. The average Bonchev–Trinajstić information content (AvgIpc) is 2.65. The molecule has 0 radical (unpaired) electrons. The standard InChI is InChI=1S/C18H21N3O5/c1-19-18(24)12-10-13(17(26-3)14(11-12)25-2)20-15(22)7-9-21-8-5-4-6-16(21)23/h4-6,8,10-11H,7,9H2,1-3H3,(H,19,24)(H,20,22). The molecule has 1 heterocycles. The molecule has 138 valence electrons. The zero-order valence-corrected chi connectivity index (χ0v) is 14.9. The molecule has 0 fully saturated rings. The average molecular weight is 359 g/mol. The fourth-order valence-corrected chi connectivity index (χ4v) is 2.41. The SMILES string of the molecule is CNC(=O)c1cc(NC(=O)CCn2ccccc2=O)c(OC)c(OC)c1. The zero-order valence-electron chi connectivity index (χ0n) is 14.9. The third-order valence-corrected chi connectivity index (χ3v) is 3.72. The van der Waals surface area contributed by atoms with Crippen LogP contribution in [0.5, 0.6) is 11.5 Å². The molecule has 0 aliphatic heterocycles. The summed E-state index contributed by atoms with van der Waals surface area (Å²) in [6.07, 6.45) is 1.70. The van der Waals surface area contributed by atoms with E-state index in [0.29, 0.717) is 22.7 Å². The van der Waals surface area contributed by atoms with Crippen molar-refractivity contribution in [2.45, 2.75) is 13.0 Å². The second kappa shape index (κ2) is 8.70. The van der Waals surface area contributed by atoms with Crippen LogP contribution in [0, 0.1) is 0 Å². The van der Waals surface area contributed by atoms with E-state index in [1.807, 2.05) is 0 Å². The van der Waals surface area contributed by atoms with Gasteiger partial charge in [-0.15, -0.1) is 0 Å². The second-order valence-corrected chi connectivity index (χ2v) is 5.37. The summed E-state index contributed by atoms with van der Waals surface area (Å²) >= 11 is 0. The van der Waals surface area contributed by atoms with Crippen molar-refractivity contribution in [1.29, 1.82) is 0 Å². The summed E-state index contributed by atoms with van der Waals surface area (Å²) in [4.78, 5) is 35.9. The fourth-order valence-electron chi connectivity index (χ4n) is 2.41. The molecular weight excluding hydrogens is 338 g/mol. The minimum atomic E-state index is -0.324. The van der Waals surface area contributed by atoms with Gasteiger partial charge < -0.3 is 24.7 Å². The molecule has 1 aromatic carbocycles. The van der Waals surface area contributed by atoms with Crippen molar-refractivity contribution < 1.29 is 19.1 Å². The third-order valence-electron chi connectivity index (χ3n) is 3.72. The van der Waals surface area contributed by atoms with Crippen LogP contribution < -0.4 is 25.7 Å². The van der Waals surface area contributed by atoms with E-state index < -0.39 is 0 Å². The molecule has 0 saturated carbocycles. The molecule has 1 aromatic heterocycles. The maximum absolute atomic E-state index is 12.3. The predicted molar refractivity (Wildman–Crippen MR) is 96.9 cm³/mol. The van der Waals surface area contributed by atoms with Crippen molar-refractivity contribution in [1.82, 2.24) is 9.88 Å². The molecule has 2 rings (SSSR count). The van der Waals surface area contributed by atoms with Gasteiger partial charge in [0.05, 0.1) is 19.9 Å². The lowest BCUT2D eigenvalue weighted by Crippen LogP contribution is -2.22. The second-order valence-electron chi connectivity index (χ2n) is 5.37. The molecule has 8 heteroatoms. The lowest BCUT2D eigenvalue weighted by Gasteiger charge is -2.15. The van der Waals surface area contributed by atoms with Crippen LogP contribution in [0.1, 0.15) is 16.8 Å². The summed E-state index contributed by atoms with van der Waals surface area (Å²) < 4.78 is 12.0. The molecule has 8 nitrogen and oxygen atoms in total. The summed E-state index contributed by atoms with van der Waals surface area (Å²) in [5, 5.41) is 5.22. The Bertz CT molecular complexity index is 860. The number of methoxy groups -OCH3 is 2. The van der Waals surface area contributed by atoms with Crippen molar-refractivity contribution in [3.8, 4) is 11.5 Å². The first-order valence-electron chi connectivity index (χ1n) is 7.93. The van der Waals surface area contributed by atoms with Gasteiger partial charge in [0.2, 0.25) is 5.91 Å². The minimum Gasteiger partial charge on any atom is -0.493 e. The van der Waals surface area contributed by atoms with Gasteiger partial charge in [0.15, 0.2) is 11.5 Å². The van der Waals surface area contributed by atoms with Crippen LogP contribution in [0.3, 0.4) is 0 Å². The van der Waals surface area contributed by atoms with Crippen molar-refractivity contribution in [3.63, 3.8) is 0 Å². The van der Waals surface area contributed by atoms with Gasteiger partial charge in [0, 0.05) is 37.8 Å². The highest BCUT2D eigenvalue weighted by molar-refractivity contribution is 5.99. The lowest BCUT2D eigenvalue weighted by atomic mass is 10.1. The first-order valence-corrected chi connectivity index (χ1v) is 7.93. The summed E-state index contributed by atoms with van der Waals surface area (Å²) in [5.74, 6) is -0.0130. The van der Waals surface area contributed by atoms with Crippen molar-refractivity contribution in [3.05, 3.63) is 52.4 Å². The van der Waals surface area contributed by atoms with Crippen LogP contribution in [0.15, 0.2) is 41.3 Å². The van der Waals surface area contributed by atoms with Gasteiger partial charge in [0.1, 0.15) is 0 Å². The van der Waals surface area contributed by atoms with Crippen LogP contribution in [-0.4, -0.2) is 37.6 Å². The Morgan fingerprint density at radius 2 is 1.92 bits per heavy atom. The number of hydrogen-bond acceptors (Lipinski definition) is 5. The van der Waals surface area contributed by atoms with E-state index in [9.17, 15) is 14.4 Å². The van der Waals surface area contributed by atoms with Crippen molar-refractivity contribution in [2.75, 3.05) is 26.6 Å². The molecule has 0 atom stereocenters. The van der Waals surface area contributed by atoms with Crippen LogP contribution >= 0.6 is 0 Å². The summed E-state index contributed by atoms with van der Waals surface area (Å²) in [7, 11) is 4.39. The Morgan fingerprint density at radius 1 is 1.15 bits per heavy atom. The molecule has 2 aromatic rings. The highest BCUT2D eigenvalue weighted by Gasteiger charge is 2.17. The molecule has 2 amide bonds. The Morgan fingerprint density at radius 3 is 2.54 bits per heavy atom. The third kappa shape index (κ3) is 4.41. The van der Waals surface area contributed by atoms with Crippen LogP contribution in [0.4, 0.5) is 5.69 Å². The van der Waals surface area contributed by atoms with Crippen LogP contribution in [0.2, 0.25) is 0 Å². The topological polar surface area (TPSA) is 98.7 Å². The van der Waals surface area contributed by atoms with E-state index in [0.717, 1.165) is 0 Å². The quantitative estimate of drug-likeness (QED) is 0.775. The lowest BCUT2D eigenvalue weighted by molar-refractivity contribution is -0.116. The molecule has 2 N–H and O–H groups in total.